The molecule has 0 aliphatic heterocycles. The number of nitrogens with zero attached hydrogens (tertiary/aromatic N) is 2. The monoisotopic (exact) mass is 257 g/mol. The number of anilines is 1. The van der Waals surface area contributed by atoms with Crippen molar-refractivity contribution < 1.29 is 0 Å². The van der Waals surface area contributed by atoms with Crippen molar-refractivity contribution in [1.82, 2.24) is 9.97 Å². The van der Waals surface area contributed by atoms with Crippen LogP contribution in [0.25, 0.3) is 0 Å². The molecule has 3 nitrogen and oxygen atoms in total. The number of rotatable bonds is 3. The first-order chi connectivity index (χ1) is 7.78. The van der Waals surface area contributed by atoms with E-state index >= 15 is 0 Å². The topological polar surface area (TPSA) is 37.8 Å². The highest BCUT2D eigenvalue weighted by Gasteiger charge is 2.21. The molecule has 1 aromatic heterocycles. The Morgan fingerprint density at radius 3 is 3.06 bits per heavy atom. The molecule has 1 aliphatic carbocycles. The van der Waals surface area contributed by atoms with Gasteiger partial charge < -0.3 is 5.32 Å². The number of hydrogen-bond acceptors (Lipinski definition) is 4. The summed E-state index contributed by atoms with van der Waals surface area (Å²) in [6, 6.07) is 2.31. The first-order valence-electron chi connectivity index (χ1n) is 5.55. The molecule has 0 spiro atoms. The zero-order valence-corrected chi connectivity index (χ0v) is 10.9. The van der Waals surface area contributed by atoms with Crippen LogP contribution in [-0.4, -0.2) is 27.5 Å². The number of nitrogens with one attached hydrogen (secondary N) is 1. The molecule has 1 fully saturated rings. The van der Waals surface area contributed by atoms with Crippen LogP contribution < -0.4 is 5.32 Å². The van der Waals surface area contributed by atoms with Gasteiger partial charge >= 0.3 is 0 Å². The van der Waals surface area contributed by atoms with E-state index in [0.717, 1.165) is 11.1 Å². The second-order valence-electron chi connectivity index (χ2n) is 4.09. The second-order valence-corrected chi connectivity index (χ2v) is 5.62. The van der Waals surface area contributed by atoms with E-state index in [0.29, 0.717) is 11.2 Å². The molecule has 2 atom stereocenters. The van der Waals surface area contributed by atoms with Gasteiger partial charge in [-0.15, -0.1) is 0 Å². The molecule has 0 saturated heterocycles. The predicted octanol–water partition coefficient (Wildman–Crippen LogP) is 3.22. The van der Waals surface area contributed by atoms with Gasteiger partial charge in [-0.2, -0.15) is 11.8 Å². The van der Waals surface area contributed by atoms with Crippen LogP contribution in [0.5, 0.6) is 0 Å². The number of halogens is 1. The molecule has 1 N–H and O–H groups in total. The zero-order valence-electron chi connectivity index (χ0n) is 9.32. The highest BCUT2D eigenvalue weighted by atomic mass is 35.5. The van der Waals surface area contributed by atoms with Crippen molar-refractivity contribution in [2.45, 2.75) is 37.0 Å². The smallest absolute Gasteiger partial charge is 0.134 e. The summed E-state index contributed by atoms with van der Waals surface area (Å²) in [5.74, 6) is 0.840. The molecule has 1 heterocycles. The Bertz CT molecular complexity index is 348. The molecule has 0 aromatic carbocycles. The van der Waals surface area contributed by atoms with Crippen molar-refractivity contribution in [2.24, 2.45) is 0 Å². The molecule has 1 saturated carbocycles. The van der Waals surface area contributed by atoms with Crippen LogP contribution in [0.15, 0.2) is 12.4 Å². The normalized spacial score (nSPS) is 25.4. The molecular formula is C11H16ClN3S. The van der Waals surface area contributed by atoms with E-state index in [1.54, 1.807) is 6.07 Å². The van der Waals surface area contributed by atoms with E-state index in [4.69, 9.17) is 11.6 Å². The van der Waals surface area contributed by atoms with Crippen molar-refractivity contribution in [3.63, 3.8) is 0 Å². The van der Waals surface area contributed by atoms with Crippen LogP contribution in [0.3, 0.4) is 0 Å². The molecule has 5 heteroatoms. The summed E-state index contributed by atoms with van der Waals surface area (Å²) in [5, 5.41) is 4.71. The zero-order chi connectivity index (χ0) is 11.4. The maximum atomic E-state index is 5.82. The first-order valence-corrected chi connectivity index (χ1v) is 7.21. The lowest BCUT2D eigenvalue weighted by molar-refractivity contribution is 0.472. The third kappa shape index (κ3) is 3.25. The number of thioether (sulfide) groups is 1. The van der Waals surface area contributed by atoms with Gasteiger partial charge in [0.15, 0.2) is 0 Å². The molecular weight excluding hydrogens is 242 g/mol. The van der Waals surface area contributed by atoms with Crippen molar-refractivity contribution in [3.05, 3.63) is 17.5 Å². The Balaban J connectivity index is 1.94. The quantitative estimate of drug-likeness (QED) is 0.844. The summed E-state index contributed by atoms with van der Waals surface area (Å²) in [6.07, 6.45) is 8.75. The minimum Gasteiger partial charge on any atom is -0.367 e. The summed E-state index contributed by atoms with van der Waals surface area (Å²) in [4.78, 5) is 8.05. The third-order valence-electron chi connectivity index (χ3n) is 2.95. The average molecular weight is 258 g/mol. The fourth-order valence-corrected chi connectivity index (χ4v) is 3.09. The minimum atomic E-state index is 0.495. The van der Waals surface area contributed by atoms with Gasteiger partial charge in [0.25, 0.3) is 0 Å². The van der Waals surface area contributed by atoms with Gasteiger partial charge in [-0.05, 0) is 25.5 Å². The third-order valence-corrected chi connectivity index (χ3v) is 4.25. The summed E-state index contributed by atoms with van der Waals surface area (Å²) in [6.45, 7) is 0. The minimum absolute atomic E-state index is 0.495. The largest absolute Gasteiger partial charge is 0.367 e. The van der Waals surface area contributed by atoms with Crippen molar-refractivity contribution in [3.8, 4) is 0 Å². The molecule has 0 radical (unpaired) electrons. The van der Waals surface area contributed by atoms with E-state index in [1.165, 1.54) is 32.0 Å². The van der Waals surface area contributed by atoms with Gasteiger partial charge in [-0.3, -0.25) is 0 Å². The molecule has 0 amide bonds. The molecule has 2 rings (SSSR count). The van der Waals surface area contributed by atoms with E-state index in [-0.39, 0.29) is 0 Å². The number of aromatic nitrogens is 2. The molecule has 0 bridgehead atoms. The Morgan fingerprint density at radius 2 is 2.31 bits per heavy atom. The van der Waals surface area contributed by atoms with Crippen LogP contribution in [0.2, 0.25) is 5.15 Å². The Morgan fingerprint density at radius 1 is 1.44 bits per heavy atom. The molecule has 2 unspecified atom stereocenters. The van der Waals surface area contributed by atoms with Gasteiger partial charge in [0.2, 0.25) is 0 Å². The van der Waals surface area contributed by atoms with Crippen molar-refractivity contribution in [2.75, 3.05) is 11.6 Å². The Hall–Kier alpha value is -0.480. The fraction of sp³-hybridized carbons (Fsp3) is 0.636. The van der Waals surface area contributed by atoms with Gasteiger partial charge in [0, 0.05) is 17.4 Å². The standard InChI is InChI=1S/C11H16ClN3S/c1-16-9-4-2-3-8(5-9)15-11-6-10(12)13-7-14-11/h6-9H,2-5H2,1H3,(H,13,14,15). The van der Waals surface area contributed by atoms with Crippen LogP contribution in [0, 0.1) is 0 Å². The van der Waals surface area contributed by atoms with Gasteiger partial charge in [-0.25, -0.2) is 9.97 Å². The first kappa shape index (κ1) is 12.0. The average Bonchev–Trinajstić information content (AvgIpc) is 2.29. The van der Waals surface area contributed by atoms with Crippen molar-refractivity contribution >= 4 is 29.2 Å². The lowest BCUT2D eigenvalue weighted by atomic mass is 9.95. The van der Waals surface area contributed by atoms with Gasteiger partial charge in [-0.1, -0.05) is 18.0 Å². The highest BCUT2D eigenvalue weighted by molar-refractivity contribution is 7.99. The van der Waals surface area contributed by atoms with E-state index in [1.807, 2.05) is 11.8 Å². The molecule has 88 valence electrons. The van der Waals surface area contributed by atoms with Crippen LogP contribution in [0.4, 0.5) is 5.82 Å². The Labute approximate surface area is 105 Å². The summed E-state index contributed by atoms with van der Waals surface area (Å²) in [7, 11) is 0. The van der Waals surface area contributed by atoms with E-state index in [9.17, 15) is 0 Å². The summed E-state index contributed by atoms with van der Waals surface area (Å²) >= 11 is 7.79. The number of hydrogen-bond donors (Lipinski definition) is 1. The lowest BCUT2D eigenvalue weighted by Crippen LogP contribution is -2.28. The van der Waals surface area contributed by atoms with Gasteiger partial charge in [0.1, 0.15) is 17.3 Å². The SMILES string of the molecule is CSC1CCCC(Nc2cc(Cl)ncn2)C1. The molecule has 1 aromatic rings. The molecule has 1 aliphatic rings. The second kappa shape index (κ2) is 5.73. The molecule has 16 heavy (non-hydrogen) atoms. The van der Waals surface area contributed by atoms with Crippen molar-refractivity contribution in [1.29, 1.82) is 0 Å². The summed E-state index contributed by atoms with van der Waals surface area (Å²) in [5.41, 5.74) is 0. The van der Waals surface area contributed by atoms with Gasteiger partial charge in [0.05, 0.1) is 0 Å². The van der Waals surface area contributed by atoms with E-state index in [2.05, 4.69) is 21.5 Å². The van der Waals surface area contributed by atoms with Crippen LogP contribution >= 0.6 is 23.4 Å². The fourth-order valence-electron chi connectivity index (χ4n) is 2.11. The maximum Gasteiger partial charge on any atom is 0.134 e. The van der Waals surface area contributed by atoms with Crippen LogP contribution in [-0.2, 0) is 0 Å². The maximum absolute atomic E-state index is 5.82. The Kier molecular flexibility index (Phi) is 4.29. The highest BCUT2D eigenvalue weighted by Crippen LogP contribution is 2.28. The predicted molar refractivity (Wildman–Crippen MR) is 70.2 cm³/mol. The lowest BCUT2D eigenvalue weighted by Gasteiger charge is -2.28. The summed E-state index contributed by atoms with van der Waals surface area (Å²) < 4.78 is 0. The van der Waals surface area contributed by atoms with Crippen LogP contribution in [0.1, 0.15) is 25.7 Å². The van der Waals surface area contributed by atoms with E-state index < -0.39 is 0 Å².